The normalized spacial score (nSPS) is 14.5. The summed E-state index contributed by atoms with van der Waals surface area (Å²) in [6.45, 7) is 1.41. The third kappa shape index (κ3) is 3.14. The van der Waals surface area contributed by atoms with Crippen LogP contribution in [0.25, 0.3) is 11.1 Å². The molecule has 0 radical (unpaired) electrons. The lowest BCUT2D eigenvalue weighted by atomic mass is 10.0. The maximum absolute atomic E-state index is 12.0. The van der Waals surface area contributed by atoms with Crippen molar-refractivity contribution in [3.8, 4) is 16.9 Å². The number of hydrogen-bond acceptors (Lipinski definition) is 3. The van der Waals surface area contributed by atoms with Gasteiger partial charge in [0.1, 0.15) is 5.75 Å². The van der Waals surface area contributed by atoms with Crippen LogP contribution in [0.2, 0.25) is 0 Å². The van der Waals surface area contributed by atoms with Gasteiger partial charge in [-0.2, -0.15) is 0 Å². The molecule has 0 saturated carbocycles. The molecule has 0 aromatic heterocycles. The molecule has 0 atom stereocenters. The summed E-state index contributed by atoms with van der Waals surface area (Å²) in [5.74, 6) is 0.738. The molecule has 0 aliphatic carbocycles. The van der Waals surface area contributed by atoms with Gasteiger partial charge >= 0.3 is 6.03 Å². The van der Waals surface area contributed by atoms with Gasteiger partial charge in [0.2, 0.25) is 0 Å². The molecule has 1 aliphatic rings. The molecule has 2 aromatic carbocycles. The van der Waals surface area contributed by atoms with Crippen molar-refractivity contribution in [2.75, 3.05) is 25.1 Å². The van der Waals surface area contributed by atoms with Crippen molar-refractivity contribution in [3.05, 3.63) is 48.0 Å². The maximum atomic E-state index is 12.0. The number of carbonyl (C=O) groups excluding carboxylic acids is 1. The summed E-state index contributed by atoms with van der Waals surface area (Å²) in [6.07, 6.45) is 0.930. The van der Waals surface area contributed by atoms with Crippen LogP contribution >= 0.6 is 0 Å². The van der Waals surface area contributed by atoms with Gasteiger partial charge in [0.15, 0.2) is 0 Å². The number of benzene rings is 2. The zero-order valence-corrected chi connectivity index (χ0v) is 13.1. The van der Waals surface area contributed by atoms with Gasteiger partial charge in [-0.25, -0.2) is 4.79 Å². The topological polar surface area (TPSA) is 61.8 Å². The molecule has 1 fully saturated rings. The largest absolute Gasteiger partial charge is 0.496 e. The SMILES string of the molecule is COc1ccc(CO)cc1-c1cccc(N2CCCNC2=O)c1. The van der Waals surface area contributed by atoms with Gasteiger partial charge in [-0.1, -0.05) is 18.2 Å². The predicted octanol–water partition coefficient (Wildman–Crippen LogP) is 2.77. The molecular weight excluding hydrogens is 292 g/mol. The highest BCUT2D eigenvalue weighted by molar-refractivity contribution is 5.93. The van der Waals surface area contributed by atoms with Crippen LogP contribution in [-0.2, 0) is 6.61 Å². The average Bonchev–Trinajstić information content (AvgIpc) is 2.61. The van der Waals surface area contributed by atoms with Gasteiger partial charge in [-0.05, 0) is 41.8 Å². The third-order valence-electron chi connectivity index (χ3n) is 4.00. The van der Waals surface area contributed by atoms with Gasteiger partial charge in [-0.3, -0.25) is 4.90 Å². The van der Waals surface area contributed by atoms with E-state index in [9.17, 15) is 9.90 Å². The van der Waals surface area contributed by atoms with Crippen LogP contribution in [-0.4, -0.2) is 31.3 Å². The molecule has 5 nitrogen and oxygen atoms in total. The molecule has 0 bridgehead atoms. The molecule has 1 heterocycles. The number of anilines is 1. The first-order chi connectivity index (χ1) is 11.2. The van der Waals surface area contributed by atoms with Gasteiger partial charge in [-0.15, -0.1) is 0 Å². The fourth-order valence-electron chi connectivity index (χ4n) is 2.80. The van der Waals surface area contributed by atoms with Gasteiger partial charge in [0.05, 0.1) is 13.7 Å². The number of urea groups is 1. The zero-order valence-electron chi connectivity index (χ0n) is 13.1. The lowest BCUT2D eigenvalue weighted by molar-refractivity contribution is 0.243. The Labute approximate surface area is 135 Å². The number of hydrogen-bond donors (Lipinski definition) is 2. The smallest absolute Gasteiger partial charge is 0.321 e. The number of methoxy groups -OCH3 is 1. The second kappa shape index (κ2) is 6.71. The van der Waals surface area contributed by atoms with Crippen molar-refractivity contribution in [3.63, 3.8) is 0 Å². The van der Waals surface area contributed by atoms with Crippen molar-refractivity contribution in [1.29, 1.82) is 0 Å². The first kappa shape index (κ1) is 15.4. The van der Waals surface area contributed by atoms with Crippen LogP contribution in [0.4, 0.5) is 10.5 Å². The number of nitrogens with zero attached hydrogens (tertiary/aromatic N) is 1. The van der Waals surface area contributed by atoms with Crippen LogP contribution in [0.3, 0.4) is 0 Å². The van der Waals surface area contributed by atoms with E-state index in [1.165, 1.54) is 0 Å². The summed E-state index contributed by atoms with van der Waals surface area (Å²) in [4.78, 5) is 13.8. The van der Waals surface area contributed by atoms with Crippen molar-refractivity contribution < 1.29 is 14.6 Å². The van der Waals surface area contributed by atoms with E-state index in [2.05, 4.69) is 5.32 Å². The zero-order chi connectivity index (χ0) is 16.2. The fraction of sp³-hybridized carbons (Fsp3) is 0.278. The van der Waals surface area contributed by atoms with Gasteiger partial charge in [0.25, 0.3) is 0 Å². The molecule has 2 amide bonds. The lowest BCUT2D eigenvalue weighted by Gasteiger charge is -2.27. The molecule has 5 heteroatoms. The molecule has 3 rings (SSSR count). The summed E-state index contributed by atoms with van der Waals surface area (Å²) >= 11 is 0. The highest BCUT2D eigenvalue weighted by Crippen LogP contribution is 2.33. The Morgan fingerprint density at radius 1 is 1.26 bits per heavy atom. The highest BCUT2D eigenvalue weighted by Gasteiger charge is 2.19. The number of aliphatic hydroxyl groups is 1. The first-order valence-corrected chi connectivity index (χ1v) is 7.66. The van der Waals surface area contributed by atoms with Crippen molar-refractivity contribution >= 4 is 11.7 Å². The summed E-state index contributed by atoms with van der Waals surface area (Å²) in [6, 6.07) is 13.3. The number of rotatable bonds is 4. The monoisotopic (exact) mass is 312 g/mol. The van der Waals surface area contributed by atoms with Gasteiger partial charge < -0.3 is 15.2 Å². The number of ether oxygens (including phenoxy) is 1. The van der Waals surface area contributed by atoms with Crippen LogP contribution in [0.5, 0.6) is 5.75 Å². The Kier molecular flexibility index (Phi) is 4.48. The molecular formula is C18H20N2O3. The van der Waals surface area contributed by atoms with E-state index in [1.807, 2.05) is 42.5 Å². The van der Waals surface area contributed by atoms with Gasteiger partial charge in [0, 0.05) is 24.3 Å². The quantitative estimate of drug-likeness (QED) is 0.912. The van der Waals surface area contributed by atoms with Crippen molar-refractivity contribution in [1.82, 2.24) is 5.32 Å². The van der Waals surface area contributed by atoms with Crippen LogP contribution < -0.4 is 15.0 Å². The standard InChI is InChI=1S/C18H20N2O3/c1-23-17-7-6-13(12-21)10-16(17)14-4-2-5-15(11-14)20-9-3-8-19-18(20)22/h2,4-7,10-11,21H,3,8-9,12H2,1H3,(H,19,22). The number of aliphatic hydroxyl groups excluding tert-OH is 1. The average molecular weight is 312 g/mol. The Morgan fingerprint density at radius 3 is 2.87 bits per heavy atom. The van der Waals surface area contributed by atoms with E-state index in [1.54, 1.807) is 12.0 Å². The molecule has 0 unspecified atom stereocenters. The fourth-order valence-corrected chi connectivity index (χ4v) is 2.80. The van der Waals surface area contributed by atoms with Crippen LogP contribution in [0.15, 0.2) is 42.5 Å². The molecule has 0 spiro atoms. The number of nitrogens with one attached hydrogen (secondary N) is 1. The second-order valence-electron chi connectivity index (χ2n) is 5.48. The van der Waals surface area contributed by atoms with Crippen LogP contribution in [0.1, 0.15) is 12.0 Å². The first-order valence-electron chi connectivity index (χ1n) is 7.66. The Morgan fingerprint density at radius 2 is 2.13 bits per heavy atom. The van der Waals surface area contributed by atoms with Crippen molar-refractivity contribution in [2.45, 2.75) is 13.0 Å². The summed E-state index contributed by atoms with van der Waals surface area (Å²) in [7, 11) is 1.62. The molecule has 2 N–H and O–H groups in total. The van der Waals surface area contributed by atoms with E-state index >= 15 is 0 Å². The van der Waals surface area contributed by atoms with E-state index < -0.39 is 0 Å². The molecule has 120 valence electrons. The molecule has 2 aromatic rings. The minimum atomic E-state index is -0.0653. The molecule has 23 heavy (non-hydrogen) atoms. The maximum Gasteiger partial charge on any atom is 0.321 e. The Balaban J connectivity index is 2.01. The lowest BCUT2D eigenvalue weighted by Crippen LogP contribution is -2.46. The Bertz CT molecular complexity index is 715. The summed E-state index contributed by atoms with van der Waals surface area (Å²) in [5.41, 5.74) is 3.53. The number of amides is 2. The predicted molar refractivity (Wildman–Crippen MR) is 89.7 cm³/mol. The van der Waals surface area contributed by atoms with Crippen molar-refractivity contribution in [2.24, 2.45) is 0 Å². The summed E-state index contributed by atoms with van der Waals surface area (Å²) < 4.78 is 5.43. The van der Waals surface area contributed by atoms with E-state index in [4.69, 9.17) is 4.74 Å². The minimum absolute atomic E-state index is 0.0226. The molecule has 1 saturated heterocycles. The highest BCUT2D eigenvalue weighted by atomic mass is 16.5. The summed E-state index contributed by atoms with van der Waals surface area (Å²) in [5, 5.41) is 12.2. The molecule has 1 aliphatic heterocycles. The Hall–Kier alpha value is -2.53. The van der Waals surface area contributed by atoms with Crippen LogP contribution in [0, 0.1) is 0 Å². The van der Waals surface area contributed by atoms with E-state index in [-0.39, 0.29) is 12.6 Å². The van der Waals surface area contributed by atoms with E-state index in [0.717, 1.165) is 41.1 Å². The second-order valence-corrected chi connectivity index (χ2v) is 5.48. The minimum Gasteiger partial charge on any atom is -0.496 e. The van der Waals surface area contributed by atoms with E-state index in [0.29, 0.717) is 6.54 Å². The number of carbonyl (C=O) groups is 1. The third-order valence-corrected chi connectivity index (χ3v) is 4.00.